The van der Waals surface area contributed by atoms with Crippen LogP contribution in [0, 0.1) is 11.8 Å². The van der Waals surface area contributed by atoms with E-state index in [1.165, 1.54) is 48.0 Å². The molecule has 1 aromatic carbocycles. The highest BCUT2D eigenvalue weighted by molar-refractivity contribution is 5.73. The van der Waals surface area contributed by atoms with E-state index in [0.29, 0.717) is 0 Å². The summed E-state index contributed by atoms with van der Waals surface area (Å²) >= 11 is 0. The summed E-state index contributed by atoms with van der Waals surface area (Å²) in [7, 11) is 0. The van der Waals surface area contributed by atoms with Crippen LogP contribution in [0.1, 0.15) is 36.8 Å². The molecule has 0 atom stereocenters. The molecule has 16 heavy (non-hydrogen) atoms. The first-order valence-electron chi connectivity index (χ1n) is 6.24. The van der Waals surface area contributed by atoms with Gasteiger partial charge in [0.15, 0.2) is 0 Å². The molecule has 0 bridgehead atoms. The van der Waals surface area contributed by atoms with Crippen molar-refractivity contribution in [1.82, 2.24) is 0 Å². The van der Waals surface area contributed by atoms with Gasteiger partial charge >= 0.3 is 0 Å². The van der Waals surface area contributed by atoms with E-state index in [1.54, 1.807) is 0 Å². The van der Waals surface area contributed by atoms with Gasteiger partial charge in [-0.15, -0.1) is 0 Å². The summed E-state index contributed by atoms with van der Waals surface area (Å²) in [5.41, 5.74) is 5.29. The summed E-state index contributed by atoms with van der Waals surface area (Å²) in [6.07, 6.45) is 5.30. The van der Waals surface area contributed by atoms with E-state index in [1.807, 2.05) is 0 Å². The zero-order valence-electron chi connectivity index (χ0n) is 9.71. The molecule has 0 aromatic heterocycles. The molecule has 2 aliphatic rings. The predicted octanol–water partition coefficient (Wildman–Crippen LogP) is 4.53. The number of allylic oxidation sites excluding steroid dienone is 2. The number of hydrogen-bond donors (Lipinski definition) is 0. The Bertz CT molecular complexity index is 406. The molecule has 0 spiro atoms. The second kappa shape index (κ2) is 3.62. The number of rotatable bonds is 4. The Labute approximate surface area is 97.7 Å². The third-order valence-electron chi connectivity index (χ3n) is 3.74. The van der Waals surface area contributed by atoms with Crippen molar-refractivity contribution >= 4 is 11.1 Å². The molecule has 3 rings (SSSR count). The molecule has 0 N–H and O–H groups in total. The molecule has 0 heteroatoms. The van der Waals surface area contributed by atoms with Crippen molar-refractivity contribution < 1.29 is 0 Å². The molecule has 82 valence electrons. The minimum atomic E-state index is 0.754. The Balaban J connectivity index is 1.86. The van der Waals surface area contributed by atoms with Gasteiger partial charge in [-0.2, -0.15) is 0 Å². The van der Waals surface area contributed by atoms with Gasteiger partial charge in [-0.3, -0.25) is 0 Å². The maximum atomic E-state index is 4.22. The Morgan fingerprint density at radius 1 is 0.875 bits per heavy atom. The average Bonchev–Trinajstić information content (AvgIpc) is 3.20. The van der Waals surface area contributed by atoms with Crippen LogP contribution < -0.4 is 0 Å². The average molecular weight is 210 g/mol. The molecule has 0 aliphatic heterocycles. The lowest BCUT2D eigenvalue weighted by molar-refractivity contribution is 1.14. The number of benzene rings is 1. The molecule has 0 heterocycles. The topological polar surface area (TPSA) is 0 Å². The van der Waals surface area contributed by atoms with Crippen LogP contribution in [0.25, 0.3) is 11.1 Å². The SMILES string of the molecule is C=C(c1cccc(C(=C)C2CC2)c1)C1CC1. The molecule has 0 radical (unpaired) electrons. The first kappa shape index (κ1) is 9.89. The summed E-state index contributed by atoms with van der Waals surface area (Å²) in [6.45, 7) is 8.44. The molecule has 0 amide bonds. The maximum absolute atomic E-state index is 4.22. The lowest BCUT2D eigenvalue weighted by Gasteiger charge is -2.08. The van der Waals surface area contributed by atoms with E-state index >= 15 is 0 Å². The summed E-state index contributed by atoms with van der Waals surface area (Å²) in [5.74, 6) is 1.51. The highest BCUT2D eigenvalue weighted by atomic mass is 14.3. The minimum absolute atomic E-state index is 0.754. The summed E-state index contributed by atoms with van der Waals surface area (Å²) in [6, 6.07) is 8.79. The normalized spacial score (nSPS) is 19.5. The summed E-state index contributed by atoms with van der Waals surface area (Å²) in [5, 5.41) is 0. The monoisotopic (exact) mass is 210 g/mol. The van der Waals surface area contributed by atoms with Gasteiger partial charge in [0, 0.05) is 0 Å². The summed E-state index contributed by atoms with van der Waals surface area (Å²) in [4.78, 5) is 0. The fraction of sp³-hybridized carbons (Fsp3) is 0.375. The summed E-state index contributed by atoms with van der Waals surface area (Å²) < 4.78 is 0. The van der Waals surface area contributed by atoms with E-state index in [0.717, 1.165) is 11.8 Å². The van der Waals surface area contributed by atoms with E-state index in [2.05, 4.69) is 37.4 Å². The van der Waals surface area contributed by atoms with Crippen LogP contribution in [-0.4, -0.2) is 0 Å². The van der Waals surface area contributed by atoms with E-state index < -0.39 is 0 Å². The zero-order valence-corrected chi connectivity index (χ0v) is 9.71. The highest BCUT2D eigenvalue weighted by Gasteiger charge is 2.27. The van der Waals surface area contributed by atoms with Crippen molar-refractivity contribution in [3.05, 3.63) is 48.6 Å². The van der Waals surface area contributed by atoms with Gasteiger partial charge in [0.05, 0.1) is 0 Å². The van der Waals surface area contributed by atoms with Gasteiger partial charge in [0.1, 0.15) is 0 Å². The standard InChI is InChI=1S/C16H18/c1-11(13-6-7-13)15-4-3-5-16(10-15)12(2)14-8-9-14/h3-5,10,13-14H,1-2,6-9H2. The van der Waals surface area contributed by atoms with Gasteiger partial charge in [-0.25, -0.2) is 0 Å². The Kier molecular flexibility index (Phi) is 2.24. The van der Waals surface area contributed by atoms with Crippen molar-refractivity contribution in [1.29, 1.82) is 0 Å². The molecule has 2 fully saturated rings. The second-order valence-electron chi connectivity index (χ2n) is 5.18. The smallest absolute Gasteiger partial charge is 0.0161 e. The van der Waals surface area contributed by atoms with Crippen LogP contribution >= 0.6 is 0 Å². The molecule has 1 aromatic rings. The first-order valence-corrected chi connectivity index (χ1v) is 6.24. The van der Waals surface area contributed by atoms with Crippen molar-refractivity contribution in [2.24, 2.45) is 11.8 Å². The lowest BCUT2D eigenvalue weighted by atomic mass is 9.96. The predicted molar refractivity (Wildman–Crippen MR) is 70.0 cm³/mol. The zero-order chi connectivity index (χ0) is 11.1. The lowest BCUT2D eigenvalue weighted by Crippen LogP contribution is -1.89. The molecule has 2 aliphatic carbocycles. The largest absolute Gasteiger partial charge is 0.0950 e. The van der Waals surface area contributed by atoms with Crippen LogP contribution in [0.15, 0.2) is 37.4 Å². The third-order valence-corrected chi connectivity index (χ3v) is 3.74. The fourth-order valence-electron chi connectivity index (χ4n) is 2.25. The number of hydrogen-bond acceptors (Lipinski definition) is 0. The van der Waals surface area contributed by atoms with Gasteiger partial charge in [0.25, 0.3) is 0 Å². The van der Waals surface area contributed by atoms with Crippen molar-refractivity contribution in [3.8, 4) is 0 Å². The van der Waals surface area contributed by atoms with Crippen LogP contribution in [-0.2, 0) is 0 Å². The quantitative estimate of drug-likeness (QED) is 0.684. The van der Waals surface area contributed by atoms with Crippen molar-refractivity contribution in [2.45, 2.75) is 25.7 Å². The van der Waals surface area contributed by atoms with Crippen LogP contribution in [0.5, 0.6) is 0 Å². The van der Waals surface area contributed by atoms with Gasteiger partial charge in [-0.1, -0.05) is 31.4 Å². The van der Waals surface area contributed by atoms with Crippen molar-refractivity contribution in [2.75, 3.05) is 0 Å². The third kappa shape index (κ3) is 1.84. The van der Waals surface area contributed by atoms with Gasteiger partial charge < -0.3 is 0 Å². The van der Waals surface area contributed by atoms with E-state index in [4.69, 9.17) is 0 Å². The second-order valence-corrected chi connectivity index (χ2v) is 5.18. The Morgan fingerprint density at radius 2 is 1.31 bits per heavy atom. The van der Waals surface area contributed by atoms with Crippen LogP contribution in [0.3, 0.4) is 0 Å². The maximum Gasteiger partial charge on any atom is -0.0161 e. The highest BCUT2D eigenvalue weighted by Crippen LogP contribution is 2.43. The molecular weight excluding hydrogens is 192 g/mol. The fourth-order valence-corrected chi connectivity index (χ4v) is 2.25. The van der Waals surface area contributed by atoms with Crippen LogP contribution in [0.2, 0.25) is 0 Å². The molecule has 0 saturated heterocycles. The molecule has 2 saturated carbocycles. The van der Waals surface area contributed by atoms with Crippen LogP contribution in [0.4, 0.5) is 0 Å². The molecular formula is C16H18. The minimum Gasteiger partial charge on any atom is -0.0950 e. The van der Waals surface area contributed by atoms with E-state index in [-0.39, 0.29) is 0 Å². The molecule has 0 unspecified atom stereocenters. The van der Waals surface area contributed by atoms with E-state index in [9.17, 15) is 0 Å². The van der Waals surface area contributed by atoms with Gasteiger partial charge in [-0.05, 0) is 65.9 Å². The molecule has 0 nitrogen and oxygen atoms in total. The first-order chi connectivity index (χ1) is 7.75. The Morgan fingerprint density at radius 3 is 1.69 bits per heavy atom. The van der Waals surface area contributed by atoms with Gasteiger partial charge in [0.2, 0.25) is 0 Å². The Hall–Kier alpha value is -1.30. The van der Waals surface area contributed by atoms with Crippen molar-refractivity contribution in [3.63, 3.8) is 0 Å².